The summed E-state index contributed by atoms with van der Waals surface area (Å²) in [5.41, 5.74) is 0.710. The van der Waals surface area contributed by atoms with Gasteiger partial charge in [-0.1, -0.05) is 6.92 Å². The maximum absolute atomic E-state index is 12.6. The van der Waals surface area contributed by atoms with Crippen LogP contribution in [0, 0.1) is 0 Å². The van der Waals surface area contributed by atoms with Crippen molar-refractivity contribution in [3.63, 3.8) is 0 Å². The van der Waals surface area contributed by atoms with E-state index in [1.54, 1.807) is 0 Å². The van der Waals surface area contributed by atoms with E-state index in [2.05, 4.69) is 28.2 Å². The molecule has 0 aromatic carbocycles. The molecule has 1 aromatic rings. The molecule has 1 fully saturated rings. The molecule has 1 atom stereocenters. The van der Waals surface area contributed by atoms with Crippen molar-refractivity contribution < 1.29 is 9.59 Å². The van der Waals surface area contributed by atoms with Crippen LogP contribution >= 0.6 is 15.9 Å². The van der Waals surface area contributed by atoms with Crippen LogP contribution in [-0.2, 0) is 11.3 Å². The van der Waals surface area contributed by atoms with Crippen molar-refractivity contribution in [1.82, 2.24) is 14.8 Å². The summed E-state index contributed by atoms with van der Waals surface area (Å²) >= 11 is 3.43. The monoisotopic (exact) mass is 341 g/mol. The average Bonchev–Trinajstić information content (AvgIpc) is 2.95. The highest BCUT2D eigenvalue weighted by Crippen LogP contribution is 2.19. The van der Waals surface area contributed by atoms with Crippen LogP contribution in [0.5, 0.6) is 0 Å². The minimum absolute atomic E-state index is 0.0389. The van der Waals surface area contributed by atoms with Crippen LogP contribution in [0.1, 0.15) is 37.2 Å². The van der Waals surface area contributed by atoms with Gasteiger partial charge in [-0.2, -0.15) is 0 Å². The van der Waals surface area contributed by atoms with Crippen LogP contribution in [0.4, 0.5) is 0 Å². The topological polar surface area (TPSA) is 54.3 Å². The van der Waals surface area contributed by atoms with E-state index in [0.29, 0.717) is 18.8 Å². The molecule has 1 aromatic heterocycles. The van der Waals surface area contributed by atoms with E-state index in [4.69, 9.17) is 0 Å². The van der Waals surface area contributed by atoms with Crippen molar-refractivity contribution in [2.75, 3.05) is 13.1 Å². The molecule has 1 aliphatic heterocycles. The van der Waals surface area contributed by atoms with Crippen molar-refractivity contribution in [3.8, 4) is 0 Å². The van der Waals surface area contributed by atoms with Gasteiger partial charge in [0.2, 0.25) is 5.91 Å². The van der Waals surface area contributed by atoms with Crippen molar-refractivity contribution in [3.05, 3.63) is 22.4 Å². The first-order valence-electron chi connectivity index (χ1n) is 6.93. The molecule has 0 saturated carbocycles. The van der Waals surface area contributed by atoms with Crippen LogP contribution in [-0.4, -0.2) is 40.4 Å². The lowest BCUT2D eigenvalue weighted by Crippen LogP contribution is -2.37. The predicted octanol–water partition coefficient (Wildman–Crippen LogP) is 2.01. The van der Waals surface area contributed by atoms with Gasteiger partial charge in [-0.3, -0.25) is 9.59 Å². The molecule has 20 heavy (non-hydrogen) atoms. The second-order valence-electron chi connectivity index (χ2n) is 5.17. The third kappa shape index (κ3) is 3.42. The molecule has 0 radical (unpaired) electrons. The zero-order valence-corrected chi connectivity index (χ0v) is 13.4. The minimum Gasteiger partial charge on any atom is -0.352 e. The van der Waals surface area contributed by atoms with Gasteiger partial charge in [0.1, 0.15) is 5.69 Å². The molecular formula is C14H20BrN3O2. The van der Waals surface area contributed by atoms with Crippen molar-refractivity contribution in [1.29, 1.82) is 0 Å². The quantitative estimate of drug-likeness (QED) is 0.910. The first kappa shape index (κ1) is 15.1. The van der Waals surface area contributed by atoms with E-state index < -0.39 is 0 Å². The lowest BCUT2D eigenvalue weighted by Gasteiger charge is -2.18. The van der Waals surface area contributed by atoms with Crippen molar-refractivity contribution in [2.24, 2.45) is 0 Å². The Balaban J connectivity index is 2.07. The Bertz CT molecular complexity index is 513. The molecule has 1 unspecified atom stereocenters. The molecule has 1 saturated heterocycles. The highest BCUT2D eigenvalue weighted by molar-refractivity contribution is 9.10. The average molecular weight is 342 g/mol. The summed E-state index contributed by atoms with van der Waals surface area (Å²) in [4.78, 5) is 25.4. The van der Waals surface area contributed by atoms with Gasteiger partial charge in [0, 0.05) is 43.3 Å². The molecule has 1 aliphatic rings. The van der Waals surface area contributed by atoms with E-state index in [1.165, 1.54) is 6.92 Å². The zero-order chi connectivity index (χ0) is 14.7. The third-order valence-electron chi connectivity index (χ3n) is 3.43. The number of carbonyl (C=O) groups is 2. The van der Waals surface area contributed by atoms with Crippen molar-refractivity contribution >= 4 is 27.7 Å². The molecule has 5 nitrogen and oxygen atoms in total. The smallest absolute Gasteiger partial charge is 0.270 e. The number of carbonyl (C=O) groups excluding carboxylic acids is 2. The summed E-state index contributed by atoms with van der Waals surface area (Å²) in [7, 11) is 0. The van der Waals surface area contributed by atoms with Gasteiger partial charge in [-0.05, 0) is 34.8 Å². The van der Waals surface area contributed by atoms with Gasteiger partial charge >= 0.3 is 0 Å². The van der Waals surface area contributed by atoms with E-state index >= 15 is 0 Å². The number of hydrogen-bond donors (Lipinski definition) is 1. The zero-order valence-electron chi connectivity index (χ0n) is 11.9. The molecular weight excluding hydrogens is 322 g/mol. The maximum Gasteiger partial charge on any atom is 0.270 e. The summed E-state index contributed by atoms with van der Waals surface area (Å²) in [6.45, 7) is 5.71. The van der Waals surface area contributed by atoms with Gasteiger partial charge in [-0.25, -0.2) is 0 Å². The fourth-order valence-electron chi connectivity index (χ4n) is 2.59. The number of likely N-dealkylation sites (tertiary alicyclic amines) is 1. The number of nitrogens with one attached hydrogen (secondary N) is 1. The lowest BCUT2D eigenvalue weighted by atomic mass is 10.2. The number of hydrogen-bond acceptors (Lipinski definition) is 2. The molecule has 0 spiro atoms. The van der Waals surface area contributed by atoms with Crippen LogP contribution in [0.25, 0.3) is 0 Å². The summed E-state index contributed by atoms with van der Waals surface area (Å²) < 4.78 is 2.91. The number of aryl methyl sites for hydroxylation is 1. The number of halogens is 1. The molecule has 2 rings (SSSR count). The van der Waals surface area contributed by atoms with E-state index in [9.17, 15) is 9.59 Å². The van der Waals surface area contributed by atoms with Crippen LogP contribution < -0.4 is 5.32 Å². The van der Waals surface area contributed by atoms with Crippen molar-refractivity contribution in [2.45, 2.75) is 39.3 Å². The molecule has 0 aliphatic carbocycles. The Hall–Kier alpha value is -1.30. The second-order valence-corrected chi connectivity index (χ2v) is 6.09. The molecule has 2 heterocycles. The van der Waals surface area contributed by atoms with Gasteiger partial charge < -0.3 is 14.8 Å². The normalized spacial score (nSPS) is 18.4. The standard InChI is InChI=1S/C14H20BrN3O2/c1-3-5-17-8-11(15)7-13(17)14(20)18-6-4-12(9-18)16-10(2)19/h7-8,12H,3-6,9H2,1-2H3,(H,16,19). The highest BCUT2D eigenvalue weighted by atomic mass is 79.9. The van der Waals surface area contributed by atoms with E-state index in [1.807, 2.05) is 21.7 Å². The van der Waals surface area contributed by atoms with Gasteiger partial charge in [-0.15, -0.1) is 0 Å². The van der Waals surface area contributed by atoms with Crippen LogP contribution in [0.15, 0.2) is 16.7 Å². The SMILES string of the molecule is CCCn1cc(Br)cc1C(=O)N1CCC(NC(C)=O)C1. The lowest BCUT2D eigenvalue weighted by molar-refractivity contribution is -0.119. The number of rotatable bonds is 4. The Labute approximate surface area is 127 Å². The Morgan fingerprint density at radius 3 is 2.90 bits per heavy atom. The summed E-state index contributed by atoms with van der Waals surface area (Å²) in [5, 5.41) is 2.87. The summed E-state index contributed by atoms with van der Waals surface area (Å²) in [6, 6.07) is 1.94. The molecule has 0 bridgehead atoms. The molecule has 110 valence electrons. The van der Waals surface area contributed by atoms with Gasteiger partial charge in [0.25, 0.3) is 5.91 Å². The highest BCUT2D eigenvalue weighted by Gasteiger charge is 2.28. The molecule has 1 N–H and O–H groups in total. The maximum atomic E-state index is 12.6. The van der Waals surface area contributed by atoms with Gasteiger partial charge in [0.05, 0.1) is 0 Å². The van der Waals surface area contributed by atoms with Crippen LogP contribution in [0.3, 0.4) is 0 Å². The largest absolute Gasteiger partial charge is 0.352 e. The first-order valence-corrected chi connectivity index (χ1v) is 7.72. The van der Waals surface area contributed by atoms with E-state index in [-0.39, 0.29) is 17.9 Å². The van der Waals surface area contributed by atoms with Crippen LogP contribution in [0.2, 0.25) is 0 Å². The summed E-state index contributed by atoms with van der Waals surface area (Å²) in [5.74, 6) is -0.00148. The fraction of sp³-hybridized carbons (Fsp3) is 0.571. The summed E-state index contributed by atoms with van der Waals surface area (Å²) in [6.07, 6.45) is 3.75. The Kier molecular flexibility index (Phi) is 4.86. The first-order chi connectivity index (χ1) is 9.51. The fourth-order valence-corrected chi connectivity index (χ4v) is 3.06. The minimum atomic E-state index is -0.0404. The second kappa shape index (κ2) is 6.43. The number of aromatic nitrogens is 1. The predicted molar refractivity (Wildman–Crippen MR) is 80.5 cm³/mol. The Morgan fingerprint density at radius 2 is 2.25 bits per heavy atom. The number of nitrogens with zero attached hydrogens (tertiary/aromatic N) is 2. The molecule has 6 heteroatoms. The number of amides is 2. The van der Waals surface area contributed by atoms with E-state index in [0.717, 1.165) is 23.9 Å². The third-order valence-corrected chi connectivity index (χ3v) is 3.86. The Morgan fingerprint density at radius 1 is 1.50 bits per heavy atom. The molecule has 2 amide bonds. The van der Waals surface area contributed by atoms with Gasteiger partial charge in [0.15, 0.2) is 0 Å².